The lowest BCUT2D eigenvalue weighted by molar-refractivity contribution is 0.0955. The average molecular weight is 388 g/mol. The molecule has 3 aromatic carbocycles. The van der Waals surface area contributed by atoms with Gasteiger partial charge in [-0.25, -0.2) is 5.43 Å². The van der Waals surface area contributed by atoms with E-state index in [0.717, 1.165) is 22.6 Å². The van der Waals surface area contributed by atoms with E-state index in [1.165, 1.54) is 5.56 Å². The lowest BCUT2D eigenvalue weighted by Gasteiger charge is -2.07. The lowest BCUT2D eigenvalue weighted by Crippen LogP contribution is -2.17. The van der Waals surface area contributed by atoms with Crippen LogP contribution in [0, 0.1) is 6.92 Å². The van der Waals surface area contributed by atoms with Crippen molar-refractivity contribution in [1.29, 1.82) is 0 Å². The number of nitrogens with zero attached hydrogens (tertiary/aromatic N) is 1. The number of nitrogens with one attached hydrogen (secondary N) is 1. The van der Waals surface area contributed by atoms with Gasteiger partial charge in [-0.05, 0) is 61.4 Å². The summed E-state index contributed by atoms with van der Waals surface area (Å²) in [4.78, 5) is 12.2. The summed E-state index contributed by atoms with van der Waals surface area (Å²) < 4.78 is 11.2. The normalized spacial score (nSPS) is 10.7. The number of hydrazone groups is 1. The van der Waals surface area contributed by atoms with Gasteiger partial charge in [0.25, 0.3) is 5.91 Å². The molecule has 0 aliphatic rings. The van der Waals surface area contributed by atoms with E-state index in [-0.39, 0.29) is 5.91 Å². The number of aryl methyl sites for hydroxylation is 1. The number of amides is 1. The van der Waals surface area contributed by atoms with Crippen molar-refractivity contribution >= 4 is 12.1 Å². The highest BCUT2D eigenvalue weighted by Crippen LogP contribution is 2.15. The molecule has 148 valence electrons. The van der Waals surface area contributed by atoms with Gasteiger partial charge in [0.05, 0.1) is 12.8 Å². The standard InChI is InChI=1S/C24H24N2O3/c1-3-28-22-13-11-21(12-14-22)24(27)26-25-16-20-5-4-6-23(15-20)29-17-19-9-7-18(2)8-10-19/h4-16H,3,17H2,1-2H3,(H,26,27)/b25-16+. The highest BCUT2D eigenvalue weighted by atomic mass is 16.5. The van der Waals surface area contributed by atoms with E-state index in [9.17, 15) is 4.79 Å². The van der Waals surface area contributed by atoms with E-state index >= 15 is 0 Å². The molecule has 5 heteroatoms. The van der Waals surface area contributed by atoms with Crippen LogP contribution in [0.2, 0.25) is 0 Å². The van der Waals surface area contributed by atoms with Gasteiger partial charge >= 0.3 is 0 Å². The zero-order valence-corrected chi connectivity index (χ0v) is 16.6. The minimum absolute atomic E-state index is 0.281. The van der Waals surface area contributed by atoms with Crippen LogP contribution in [0.1, 0.15) is 34.0 Å². The number of carbonyl (C=O) groups is 1. The zero-order valence-electron chi connectivity index (χ0n) is 16.6. The molecule has 1 amide bonds. The molecule has 0 saturated heterocycles. The fourth-order valence-corrected chi connectivity index (χ4v) is 2.63. The second-order valence-electron chi connectivity index (χ2n) is 6.50. The molecule has 0 unspecified atom stereocenters. The number of carbonyl (C=O) groups excluding carboxylic acids is 1. The molecule has 1 N–H and O–H groups in total. The maximum absolute atomic E-state index is 12.2. The second kappa shape index (κ2) is 10.1. The Morgan fingerprint density at radius 1 is 0.966 bits per heavy atom. The number of ether oxygens (including phenoxy) is 2. The lowest BCUT2D eigenvalue weighted by atomic mass is 10.2. The van der Waals surface area contributed by atoms with Gasteiger partial charge in [-0.1, -0.05) is 42.0 Å². The number of rotatable bonds is 8. The van der Waals surface area contributed by atoms with E-state index in [1.807, 2.05) is 31.2 Å². The van der Waals surface area contributed by atoms with Gasteiger partial charge in [-0.3, -0.25) is 4.79 Å². The Labute approximate surface area is 171 Å². The van der Waals surface area contributed by atoms with E-state index in [2.05, 4.69) is 41.7 Å². The molecular formula is C24H24N2O3. The molecule has 5 nitrogen and oxygen atoms in total. The molecule has 0 saturated carbocycles. The highest BCUT2D eigenvalue weighted by Gasteiger charge is 2.04. The van der Waals surface area contributed by atoms with Crippen LogP contribution in [0.15, 0.2) is 77.9 Å². The quantitative estimate of drug-likeness (QED) is 0.448. The Bertz CT molecular complexity index is 964. The third-order valence-corrected chi connectivity index (χ3v) is 4.19. The Morgan fingerprint density at radius 3 is 2.45 bits per heavy atom. The van der Waals surface area contributed by atoms with Crippen molar-refractivity contribution in [3.8, 4) is 11.5 Å². The fraction of sp³-hybridized carbons (Fsp3) is 0.167. The van der Waals surface area contributed by atoms with Crippen molar-refractivity contribution in [2.24, 2.45) is 5.10 Å². The van der Waals surface area contributed by atoms with Crippen molar-refractivity contribution in [2.75, 3.05) is 6.61 Å². The molecular weight excluding hydrogens is 364 g/mol. The molecule has 0 aromatic heterocycles. The summed E-state index contributed by atoms with van der Waals surface area (Å²) in [6.07, 6.45) is 1.59. The van der Waals surface area contributed by atoms with Crippen molar-refractivity contribution in [3.63, 3.8) is 0 Å². The molecule has 0 spiro atoms. The molecule has 0 heterocycles. The van der Waals surface area contributed by atoms with Crippen LogP contribution in [0.4, 0.5) is 0 Å². The van der Waals surface area contributed by atoms with Crippen LogP contribution in [0.5, 0.6) is 11.5 Å². The van der Waals surface area contributed by atoms with E-state index < -0.39 is 0 Å². The first-order valence-electron chi connectivity index (χ1n) is 9.48. The predicted molar refractivity (Wildman–Crippen MR) is 115 cm³/mol. The average Bonchev–Trinajstić information content (AvgIpc) is 2.74. The monoisotopic (exact) mass is 388 g/mol. The Kier molecular flexibility index (Phi) is 7.00. The van der Waals surface area contributed by atoms with Crippen LogP contribution in [-0.2, 0) is 6.61 Å². The van der Waals surface area contributed by atoms with Crippen LogP contribution >= 0.6 is 0 Å². The van der Waals surface area contributed by atoms with Crippen LogP contribution in [0.3, 0.4) is 0 Å². The van der Waals surface area contributed by atoms with Gasteiger partial charge in [0, 0.05) is 5.56 Å². The molecule has 3 rings (SSSR count). The first-order chi connectivity index (χ1) is 14.1. The third-order valence-electron chi connectivity index (χ3n) is 4.19. The number of hydrogen-bond acceptors (Lipinski definition) is 4. The molecule has 29 heavy (non-hydrogen) atoms. The van der Waals surface area contributed by atoms with E-state index in [1.54, 1.807) is 30.5 Å². The van der Waals surface area contributed by atoms with E-state index in [0.29, 0.717) is 18.8 Å². The Balaban J connectivity index is 1.54. The predicted octanol–water partition coefficient (Wildman–Crippen LogP) is 4.74. The van der Waals surface area contributed by atoms with Crippen molar-refractivity contribution in [1.82, 2.24) is 5.43 Å². The molecule has 3 aromatic rings. The van der Waals surface area contributed by atoms with Crippen LogP contribution in [0.25, 0.3) is 0 Å². The molecule has 0 aliphatic carbocycles. The van der Waals surface area contributed by atoms with E-state index in [4.69, 9.17) is 9.47 Å². The summed E-state index contributed by atoms with van der Waals surface area (Å²) in [5, 5.41) is 4.03. The molecule has 0 bridgehead atoms. The first-order valence-corrected chi connectivity index (χ1v) is 9.48. The maximum Gasteiger partial charge on any atom is 0.271 e. The minimum atomic E-state index is -0.281. The van der Waals surface area contributed by atoms with Crippen molar-refractivity contribution < 1.29 is 14.3 Å². The van der Waals surface area contributed by atoms with Gasteiger partial charge in [-0.2, -0.15) is 5.10 Å². The van der Waals surface area contributed by atoms with Crippen molar-refractivity contribution in [2.45, 2.75) is 20.5 Å². The summed E-state index contributed by atoms with van der Waals surface area (Å²) in [6.45, 7) is 5.05. The zero-order chi connectivity index (χ0) is 20.5. The number of hydrogen-bond donors (Lipinski definition) is 1. The molecule has 0 fully saturated rings. The Morgan fingerprint density at radius 2 is 1.72 bits per heavy atom. The maximum atomic E-state index is 12.2. The Hall–Kier alpha value is -3.60. The summed E-state index contributed by atoms with van der Waals surface area (Å²) in [5.41, 5.74) is 6.21. The van der Waals surface area contributed by atoms with Gasteiger partial charge in [0.2, 0.25) is 0 Å². The topological polar surface area (TPSA) is 59.9 Å². The first kappa shape index (κ1) is 20.1. The highest BCUT2D eigenvalue weighted by molar-refractivity contribution is 5.95. The smallest absolute Gasteiger partial charge is 0.271 e. The second-order valence-corrected chi connectivity index (χ2v) is 6.50. The van der Waals surface area contributed by atoms with Gasteiger partial charge in [0.1, 0.15) is 18.1 Å². The fourth-order valence-electron chi connectivity index (χ4n) is 2.63. The van der Waals surface area contributed by atoms with Crippen LogP contribution < -0.4 is 14.9 Å². The number of benzene rings is 3. The van der Waals surface area contributed by atoms with Crippen molar-refractivity contribution in [3.05, 3.63) is 95.1 Å². The minimum Gasteiger partial charge on any atom is -0.494 e. The molecule has 0 aliphatic heterocycles. The summed E-state index contributed by atoms with van der Waals surface area (Å²) in [5.74, 6) is 1.19. The largest absolute Gasteiger partial charge is 0.494 e. The summed E-state index contributed by atoms with van der Waals surface area (Å²) in [7, 11) is 0. The summed E-state index contributed by atoms with van der Waals surface area (Å²) >= 11 is 0. The summed E-state index contributed by atoms with van der Waals surface area (Å²) in [6, 6.07) is 22.7. The van der Waals surface area contributed by atoms with Gasteiger partial charge in [0.15, 0.2) is 0 Å². The SMILES string of the molecule is CCOc1ccc(C(=O)N/N=C/c2cccc(OCc3ccc(C)cc3)c2)cc1. The third kappa shape index (κ3) is 6.21. The van der Waals surface area contributed by atoms with Gasteiger partial charge in [-0.15, -0.1) is 0 Å². The molecule has 0 radical (unpaired) electrons. The van der Waals surface area contributed by atoms with Gasteiger partial charge < -0.3 is 9.47 Å². The van der Waals surface area contributed by atoms with Crippen LogP contribution in [-0.4, -0.2) is 18.7 Å². The molecule has 0 atom stereocenters.